The molecule has 10 nitrogen and oxygen atoms in total. The number of rotatable bonds is 6. The van der Waals surface area contributed by atoms with Crippen LogP contribution in [-0.2, 0) is 0 Å². The molecule has 3 rings (SSSR count). The highest BCUT2D eigenvalue weighted by Gasteiger charge is 2.18. The number of aromatic nitrogens is 4. The van der Waals surface area contributed by atoms with Gasteiger partial charge in [0.05, 0.1) is 18.1 Å². The number of carbonyl (C=O) groups excluding carboxylic acids is 1. The summed E-state index contributed by atoms with van der Waals surface area (Å²) in [5.41, 5.74) is 1.05. The van der Waals surface area contributed by atoms with E-state index in [0.717, 1.165) is 26.1 Å². The van der Waals surface area contributed by atoms with E-state index >= 15 is 0 Å². The third-order valence-corrected chi connectivity index (χ3v) is 4.00. The number of hydrogen-bond donors (Lipinski definition) is 4. The Bertz CT molecular complexity index is 809. The summed E-state index contributed by atoms with van der Waals surface area (Å²) in [5.74, 6) is 1.04. The number of carbonyl (C=O) groups is 1. The summed E-state index contributed by atoms with van der Waals surface area (Å²) in [5, 5.41) is 28.9. The maximum Gasteiger partial charge on any atom is 0.273 e. The maximum absolute atomic E-state index is 12.0. The molecule has 134 valence electrons. The minimum Gasteiger partial charge on any atom is -0.383 e. The molecule has 1 aliphatic heterocycles. The predicted octanol–water partition coefficient (Wildman–Crippen LogP) is 0.263. The molecule has 0 saturated carbocycles. The Labute approximate surface area is 150 Å². The monoisotopic (exact) mass is 353 g/mol. The number of anilines is 3. The van der Waals surface area contributed by atoms with Crippen molar-refractivity contribution in [1.82, 2.24) is 30.8 Å². The summed E-state index contributed by atoms with van der Waals surface area (Å²) in [4.78, 5) is 20.1. The van der Waals surface area contributed by atoms with Crippen molar-refractivity contribution < 1.29 is 4.79 Å². The molecule has 1 amide bonds. The minimum absolute atomic E-state index is 0.226. The first-order valence-corrected chi connectivity index (χ1v) is 8.23. The maximum atomic E-state index is 12.0. The van der Waals surface area contributed by atoms with E-state index in [1.165, 1.54) is 12.4 Å². The van der Waals surface area contributed by atoms with Crippen molar-refractivity contribution in [3.05, 3.63) is 29.8 Å². The molecule has 26 heavy (non-hydrogen) atoms. The van der Waals surface area contributed by atoms with Gasteiger partial charge in [0.2, 0.25) is 0 Å². The molecular weight excluding hydrogens is 334 g/mol. The van der Waals surface area contributed by atoms with Crippen LogP contribution in [0.3, 0.4) is 0 Å². The van der Waals surface area contributed by atoms with Gasteiger partial charge < -0.3 is 21.3 Å². The van der Waals surface area contributed by atoms with Crippen molar-refractivity contribution in [1.29, 1.82) is 5.26 Å². The van der Waals surface area contributed by atoms with E-state index in [4.69, 9.17) is 5.26 Å². The Kier molecular flexibility index (Phi) is 5.50. The largest absolute Gasteiger partial charge is 0.383 e. The van der Waals surface area contributed by atoms with Crippen LogP contribution in [0.1, 0.15) is 22.6 Å². The topological polar surface area (TPSA) is 141 Å². The molecule has 1 unspecified atom stereocenters. The van der Waals surface area contributed by atoms with Gasteiger partial charge in [-0.25, -0.2) is 9.97 Å². The van der Waals surface area contributed by atoms with Crippen molar-refractivity contribution in [3.63, 3.8) is 0 Å². The van der Waals surface area contributed by atoms with Crippen LogP contribution in [0.2, 0.25) is 0 Å². The van der Waals surface area contributed by atoms with E-state index in [-0.39, 0.29) is 17.3 Å². The molecule has 3 heterocycles. The molecule has 0 radical (unpaired) electrons. The quantitative estimate of drug-likeness (QED) is 0.575. The average Bonchev–Trinajstić information content (AvgIpc) is 3.20. The van der Waals surface area contributed by atoms with Crippen molar-refractivity contribution in [2.75, 3.05) is 37.3 Å². The molecular formula is C16H19N9O. The first kappa shape index (κ1) is 17.5. The summed E-state index contributed by atoms with van der Waals surface area (Å²) in [7, 11) is 1.55. The second-order valence-corrected chi connectivity index (χ2v) is 5.83. The fraction of sp³-hybridized carbons (Fsp3) is 0.375. The van der Waals surface area contributed by atoms with Crippen LogP contribution < -0.4 is 21.3 Å². The van der Waals surface area contributed by atoms with Gasteiger partial charge in [-0.15, -0.1) is 10.2 Å². The summed E-state index contributed by atoms with van der Waals surface area (Å²) < 4.78 is 0. The number of amides is 1. The van der Waals surface area contributed by atoms with E-state index < -0.39 is 0 Å². The van der Waals surface area contributed by atoms with Gasteiger partial charge in [-0.2, -0.15) is 5.26 Å². The van der Waals surface area contributed by atoms with Gasteiger partial charge in [0.1, 0.15) is 11.9 Å². The Morgan fingerprint density at radius 1 is 1.35 bits per heavy atom. The first-order valence-electron chi connectivity index (χ1n) is 8.23. The Morgan fingerprint density at radius 2 is 2.23 bits per heavy atom. The van der Waals surface area contributed by atoms with Crippen LogP contribution in [0.15, 0.2) is 18.5 Å². The van der Waals surface area contributed by atoms with Crippen LogP contribution in [0, 0.1) is 17.2 Å². The second-order valence-electron chi connectivity index (χ2n) is 5.83. The van der Waals surface area contributed by atoms with Gasteiger partial charge in [0.25, 0.3) is 5.91 Å². The van der Waals surface area contributed by atoms with Crippen molar-refractivity contribution >= 4 is 23.2 Å². The summed E-state index contributed by atoms with van der Waals surface area (Å²) in [6.07, 6.45) is 3.89. The summed E-state index contributed by atoms with van der Waals surface area (Å²) >= 11 is 0. The number of nitrogens with zero attached hydrogens (tertiary/aromatic N) is 5. The standard InChI is InChI=1S/C16H19N9O/c1-18-16(26)15-12(21-7-10-2-3-19-6-10)4-13(24-25-15)23-14-9-20-11(5-17)8-22-14/h4,8-10,19H,2-3,6-7H2,1H3,(H,18,26)(H2,21,22,23,24). The lowest BCUT2D eigenvalue weighted by molar-refractivity contribution is 0.0958. The molecule has 0 spiro atoms. The fourth-order valence-corrected chi connectivity index (χ4v) is 2.60. The molecule has 1 fully saturated rings. The minimum atomic E-state index is -0.311. The third-order valence-electron chi connectivity index (χ3n) is 4.00. The second kappa shape index (κ2) is 8.17. The molecule has 1 aliphatic rings. The van der Waals surface area contributed by atoms with Gasteiger partial charge in [-0.1, -0.05) is 0 Å². The molecule has 0 aliphatic carbocycles. The molecule has 1 atom stereocenters. The van der Waals surface area contributed by atoms with Crippen LogP contribution in [-0.4, -0.2) is 52.8 Å². The van der Waals surface area contributed by atoms with E-state index in [1.807, 2.05) is 6.07 Å². The van der Waals surface area contributed by atoms with Crippen molar-refractivity contribution in [2.24, 2.45) is 5.92 Å². The van der Waals surface area contributed by atoms with Gasteiger partial charge >= 0.3 is 0 Å². The van der Waals surface area contributed by atoms with Gasteiger partial charge in [0, 0.05) is 19.7 Å². The molecule has 1 saturated heterocycles. The average molecular weight is 353 g/mol. The van der Waals surface area contributed by atoms with E-state index in [2.05, 4.69) is 41.4 Å². The number of nitriles is 1. The van der Waals surface area contributed by atoms with Gasteiger partial charge in [-0.3, -0.25) is 4.79 Å². The number of hydrogen-bond acceptors (Lipinski definition) is 9. The zero-order valence-electron chi connectivity index (χ0n) is 14.3. The fourth-order valence-electron chi connectivity index (χ4n) is 2.60. The van der Waals surface area contributed by atoms with Gasteiger partial charge in [-0.05, 0) is 25.4 Å². The zero-order valence-corrected chi connectivity index (χ0v) is 14.3. The normalized spacial score (nSPS) is 15.9. The van der Waals surface area contributed by atoms with Crippen LogP contribution in [0.25, 0.3) is 0 Å². The van der Waals surface area contributed by atoms with Crippen LogP contribution in [0.5, 0.6) is 0 Å². The highest BCUT2D eigenvalue weighted by molar-refractivity contribution is 5.97. The molecule has 0 aromatic carbocycles. The Balaban J connectivity index is 1.78. The molecule has 0 bridgehead atoms. The van der Waals surface area contributed by atoms with Crippen molar-refractivity contribution in [2.45, 2.75) is 6.42 Å². The zero-order chi connectivity index (χ0) is 18.4. The SMILES string of the molecule is CNC(=O)c1nnc(Nc2cnc(C#N)cn2)cc1NCC1CCNC1. The molecule has 10 heteroatoms. The molecule has 2 aromatic heterocycles. The van der Waals surface area contributed by atoms with E-state index in [0.29, 0.717) is 23.2 Å². The molecule has 4 N–H and O–H groups in total. The lowest BCUT2D eigenvalue weighted by Gasteiger charge is -2.14. The predicted molar refractivity (Wildman–Crippen MR) is 94.9 cm³/mol. The summed E-state index contributed by atoms with van der Waals surface area (Å²) in [6, 6.07) is 3.62. The van der Waals surface area contributed by atoms with Crippen LogP contribution in [0.4, 0.5) is 17.3 Å². The first-order chi connectivity index (χ1) is 12.7. The smallest absolute Gasteiger partial charge is 0.273 e. The Hall–Kier alpha value is -3.32. The third kappa shape index (κ3) is 4.20. The van der Waals surface area contributed by atoms with Crippen molar-refractivity contribution in [3.8, 4) is 6.07 Å². The molecule has 2 aromatic rings. The lowest BCUT2D eigenvalue weighted by atomic mass is 10.1. The van der Waals surface area contributed by atoms with E-state index in [9.17, 15) is 4.79 Å². The lowest BCUT2D eigenvalue weighted by Crippen LogP contribution is -2.24. The Morgan fingerprint density at radius 3 is 2.88 bits per heavy atom. The van der Waals surface area contributed by atoms with Crippen LogP contribution >= 0.6 is 0 Å². The highest BCUT2D eigenvalue weighted by Crippen LogP contribution is 2.20. The van der Waals surface area contributed by atoms with E-state index in [1.54, 1.807) is 13.1 Å². The van der Waals surface area contributed by atoms with Gasteiger partial charge in [0.15, 0.2) is 17.2 Å². The summed E-state index contributed by atoms with van der Waals surface area (Å²) in [6.45, 7) is 2.69. The highest BCUT2D eigenvalue weighted by atomic mass is 16.1. The number of nitrogens with one attached hydrogen (secondary N) is 4.